The van der Waals surface area contributed by atoms with Gasteiger partial charge in [-0.3, -0.25) is 4.79 Å². The number of hydrogen-bond acceptors (Lipinski definition) is 5. The second kappa shape index (κ2) is 8.01. The number of methoxy groups -OCH3 is 1. The number of nitrogens with one attached hydrogen (secondary N) is 1. The van der Waals surface area contributed by atoms with E-state index in [9.17, 15) is 17.6 Å². The number of amides is 1. The van der Waals surface area contributed by atoms with Crippen LogP contribution in [-0.4, -0.2) is 43.8 Å². The first-order valence-corrected chi connectivity index (χ1v) is 9.91. The molecule has 1 atom stereocenters. The van der Waals surface area contributed by atoms with E-state index in [1.165, 1.54) is 29.7 Å². The average molecular weight is 393 g/mol. The van der Waals surface area contributed by atoms with Gasteiger partial charge in [-0.25, -0.2) is 17.8 Å². The van der Waals surface area contributed by atoms with E-state index in [0.29, 0.717) is 31.0 Å². The fraction of sp³-hybridized carbons (Fsp3) is 0.333. The minimum absolute atomic E-state index is 0.0179. The number of carbonyl (C=O) groups is 1. The lowest BCUT2D eigenvalue weighted by Crippen LogP contribution is -2.43. The number of anilines is 1. The molecule has 3 rings (SSSR count). The van der Waals surface area contributed by atoms with Gasteiger partial charge < -0.3 is 10.1 Å². The van der Waals surface area contributed by atoms with Gasteiger partial charge in [-0.05, 0) is 43.2 Å². The molecule has 0 bridgehead atoms. The van der Waals surface area contributed by atoms with Crippen molar-refractivity contribution in [1.29, 1.82) is 0 Å². The number of halogens is 1. The number of ether oxygens (including phenoxy) is 1. The van der Waals surface area contributed by atoms with Crippen LogP contribution < -0.4 is 10.1 Å². The van der Waals surface area contributed by atoms with Crippen molar-refractivity contribution in [1.82, 2.24) is 9.29 Å². The fourth-order valence-corrected chi connectivity index (χ4v) is 4.47. The van der Waals surface area contributed by atoms with E-state index in [1.54, 1.807) is 12.1 Å². The summed E-state index contributed by atoms with van der Waals surface area (Å²) in [5.41, 5.74) is 0.513. The van der Waals surface area contributed by atoms with Gasteiger partial charge in [0.25, 0.3) is 0 Å². The molecule has 0 spiro atoms. The number of nitrogens with zero attached hydrogens (tertiary/aromatic N) is 2. The van der Waals surface area contributed by atoms with Crippen molar-refractivity contribution < 1.29 is 22.3 Å². The smallest absolute Gasteiger partial charge is 0.243 e. The molecule has 0 aliphatic carbocycles. The van der Waals surface area contributed by atoms with E-state index in [4.69, 9.17) is 4.74 Å². The maximum absolute atomic E-state index is 13.1. The molecule has 27 heavy (non-hydrogen) atoms. The Balaban J connectivity index is 1.69. The lowest BCUT2D eigenvalue weighted by atomic mass is 9.99. The van der Waals surface area contributed by atoms with Gasteiger partial charge in [0.2, 0.25) is 21.8 Å². The van der Waals surface area contributed by atoms with Crippen LogP contribution in [0.15, 0.2) is 47.5 Å². The zero-order valence-electron chi connectivity index (χ0n) is 14.8. The van der Waals surface area contributed by atoms with Crippen molar-refractivity contribution in [2.45, 2.75) is 17.7 Å². The van der Waals surface area contributed by atoms with Crippen molar-refractivity contribution >= 4 is 21.6 Å². The number of carbonyl (C=O) groups excluding carboxylic acids is 1. The molecule has 2 heterocycles. The molecule has 7 nitrogen and oxygen atoms in total. The van der Waals surface area contributed by atoms with Crippen LogP contribution in [0.5, 0.6) is 5.88 Å². The third-order valence-electron chi connectivity index (χ3n) is 4.42. The molecule has 1 aliphatic heterocycles. The fourth-order valence-electron chi connectivity index (χ4n) is 2.95. The van der Waals surface area contributed by atoms with Gasteiger partial charge in [-0.15, -0.1) is 0 Å². The summed E-state index contributed by atoms with van der Waals surface area (Å²) in [6.45, 7) is 0.405. The summed E-state index contributed by atoms with van der Waals surface area (Å²) in [6, 6.07) is 7.98. The SMILES string of the molecule is COc1ccc(NC(=O)C2CCCN(S(=O)(=O)c3ccc(F)cc3)C2)cn1. The topological polar surface area (TPSA) is 88.6 Å². The molecule has 9 heteroatoms. The third kappa shape index (κ3) is 4.42. The molecule has 0 saturated carbocycles. The summed E-state index contributed by atoms with van der Waals surface area (Å²) in [4.78, 5) is 16.6. The van der Waals surface area contributed by atoms with Crippen molar-refractivity contribution in [2.75, 3.05) is 25.5 Å². The third-order valence-corrected chi connectivity index (χ3v) is 6.30. The Hall–Kier alpha value is -2.52. The molecule has 1 N–H and O–H groups in total. The van der Waals surface area contributed by atoms with Crippen LogP contribution in [-0.2, 0) is 14.8 Å². The van der Waals surface area contributed by atoms with E-state index in [2.05, 4.69) is 10.3 Å². The van der Waals surface area contributed by atoms with Gasteiger partial charge >= 0.3 is 0 Å². The Morgan fingerprint density at radius 1 is 1.26 bits per heavy atom. The summed E-state index contributed by atoms with van der Waals surface area (Å²) in [7, 11) is -2.27. The molecular formula is C18H20FN3O4S. The first-order valence-electron chi connectivity index (χ1n) is 8.47. The normalized spacial score (nSPS) is 18.1. The van der Waals surface area contributed by atoms with E-state index >= 15 is 0 Å². The maximum Gasteiger partial charge on any atom is 0.243 e. The second-order valence-electron chi connectivity index (χ2n) is 6.23. The van der Waals surface area contributed by atoms with Crippen molar-refractivity contribution in [3.05, 3.63) is 48.4 Å². The number of rotatable bonds is 5. The molecule has 2 aromatic rings. The minimum atomic E-state index is -3.77. The van der Waals surface area contributed by atoms with Gasteiger partial charge in [0, 0.05) is 19.2 Å². The molecule has 1 fully saturated rings. The maximum atomic E-state index is 13.1. The number of pyridine rings is 1. The van der Waals surface area contributed by atoms with Crippen molar-refractivity contribution in [3.63, 3.8) is 0 Å². The first-order chi connectivity index (χ1) is 12.9. The van der Waals surface area contributed by atoms with E-state index in [-0.39, 0.29) is 17.3 Å². The van der Waals surface area contributed by atoms with Crippen LogP contribution in [0.1, 0.15) is 12.8 Å². The number of benzene rings is 1. The molecule has 1 aliphatic rings. The number of aromatic nitrogens is 1. The van der Waals surface area contributed by atoms with Crippen LogP contribution in [0, 0.1) is 11.7 Å². The van der Waals surface area contributed by atoms with Gasteiger partial charge in [0.15, 0.2) is 0 Å². The summed E-state index contributed by atoms with van der Waals surface area (Å²) >= 11 is 0. The Bertz CT molecular complexity index is 901. The molecule has 0 radical (unpaired) electrons. The number of sulfonamides is 1. The van der Waals surface area contributed by atoms with Gasteiger partial charge in [0.1, 0.15) is 5.82 Å². The Morgan fingerprint density at radius 3 is 2.63 bits per heavy atom. The highest BCUT2D eigenvalue weighted by Crippen LogP contribution is 2.25. The molecule has 1 amide bonds. The number of piperidine rings is 1. The van der Waals surface area contributed by atoms with Gasteiger partial charge in [-0.1, -0.05) is 0 Å². The molecule has 1 aromatic heterocycles. The summed E-state index contributed by atoms with van der Waals surface area (Å²) < 4.78 is 44.8. The minimum Gasteiger partial charge on any atom is -0.481 e. The quantitative estimate of drug-likeness (QED) is 0.842. The molecule has 144 valence electrons. The summed E-state index contributed by atoms with van der Waals surface area (Å²) in [6.07, 6.45) is 2.64. The van der Waals surface area contributed by atoms with Crippen LogP contribution in [0.2, 0.25) is 0 Å². The van der Waals surface area contributed by atoms with Crippen LogP contribution in [0.25, 0.3) is 0 Å². The van der Waals surface area contributed by atoms with E-state index in [0.717, 1.165) is 12.1 Å². The monoisotopic (exact) mass is 393 g/mol. The summed E-state index contributed by atoms with van der Waals surface area (Å²) in [5.74, 6) is -0.808. The number of hydrogen-bond donors (Lipinski definition) is 1. The lowest BCUT2D eigenvalue weighted by Gasteiger charge is -2.31. The Morgan fingerprint density at radius 2 is 2.00 bits per heavy atom. The van der Waals surface area contributed by atoms with Crippen molar-refractivity contribution in [3.8, 4) is 5.88 Å². The molecular weight excluding hydrogens is 373 g/mol. The zero-order chi connectivity index (χ0) is 19.4. The zero-order valence-corrected chi connectivity index (χ0v) is 15.6. The standard InChI is InChI=1S/C18H20FN3O4S/c1-26-17-9-6-15(11-20-17)21-18(23)13-3-2-10-22(12-13)27(24,25)16-7-4-14(19)5-8-16/h4-9,11,13H,2-3,10,12H2,1H3,(H,21,23). The van der Waals surface area contributed by atoms with Crippen LogP contribution in [0.4, 0.5) is 10.1 Å². The Kier molecular flexibility index (Phi) is 5.71. The lowest BCUT2D eigenvalue weighted by molar-refractivity contribution is -0.120. The van der Waals surface area contributed by atoms with Crippen molar-refractivity contribution in [2.24, 2.45) is 5.92 Å². The van der Waals surface area contributed by atoms with E-state index in [1.807, 2.05) is 0 Å². The first kappa shape index (κ1) is 19.2. The Labute approximate surface area is 157 Å². The highest BCUT2D eigenvalue weighted by Gasteiger charge is 2.33. The highest BCUT2D eigenvalue weighted by atomic mass is 32.2. The van der Waals surface area contributed by atoms with E-state index < -0.39 is 21.8 Å². The molecule has 1 aromatic carbocycles. The largest absolute Gasteiger partial charge is 0.481 e. The predicted octanol–water partition coefficient (Wildman–Crippen LogP) is 2.27. The van der Waals surface area contributed by atoms with Crippen LogP contribution >= 0.6 is 0 Å². The van der Waals surface area contributed by atoms with Gasteiger partial charge in [-0.2, -0.15) is 4.31 Å². The average Bonchev–Trinajstić information content (AvgIpc) is 2.69. The predicted molar refractivity (Wildman–Crippen MR) is 97.3 cm³/mol. The molecule has 1 saturated heterocycles. The second-order valence-corrected chi connectivity index (χ2v) is 8.17. The van der Waals surface area contributed by atoms with Gasteiger partial charge in [0.05, 0.1) is 29.8 Å². The highest BCUT2D eigenvalue weighted by molar-refractivity contribution is 7.89. The summed E-state index contributed by atoms with van der Waals surface area (Å²) in [5, 5.41) is 2.75. The van der Waals surface area contributed by atoms with Crippen LogP contribution in [0.3, 0.4) is 0 Å². The molecule has 1 unspecified atom stereocenters.